The number of anilines is 3. The lowest BCUT2D eigenvalue weighted by atomic mass is 10.1. The number of amides is 3. The molecule has 0 spiro atoms. The third-order valence-electron chi connectivity index (χ3n) is 6.09. The van der Waals surface area contributed by atoms with Gasteiger partial charge in [-0.05, 0) is 59.8 Å². The number of thioether (sulfide) groups is 1. The maximum absolute atomic E-state index is 15.0. The Balaban J connectivity index is 1.48. The molecule has 0 unspecified atom stereocenters. The molecule has 2 atom stereocenters. The Morgan fingerprint density at radius 1 is 0.860 bits per heavy atom. The molecule has 17 heteroatoms. The van der Waals surface area contributed by atoms with Gasteiger partial charge in [0.15, 0.2) is 5.82 Å². The molecule has 3 aromatic rings. The van der Waals surface area contributed by atoms with E-state index in [0.29, 0.717) is 16.7 Å². The second kappa shape index (κ2) is 12.9. The Hall–Kier alpha value is -2.48. The highest BCUT2D eigenvalue weighted by atomic mass is 35.5. The summed E-state index contributed by atoms with van der Waals surface area (Å²) >= 11 is 30.2. The minimum atomic E-state index is -4.74. The van der Waals surface area contributed by atoms with Crippen molar-refractivity contribution in [3.63, 3.8) is 0 Å². The van der Waals surface area contributed by atoms with Crippen LogP contribution >= 0.6 is 69.8 Å². The highest BCUT2D eigenvalue weighted by Gasteiger charge is 2.67. The smallest absolute Gasteiger partial charge is 0.326 e. The first-order valence-corrected chi connectivity index (χ1v) is 14.6. The van der Waals surface area contributed by atoms with Gasteiger partial charge in [-0.15, -0.1) is 23.2 Å². The van der Waals surface area contributed by atoms with Crippen molar-refractivity contribution in [1.29, 1.82) is 0 Å². The fourth-order valence-corrected chi connectivity index (χ4v) is 5.75. The minimum Gasteiger partial charge on any atom is -0.326 e. The van der Waals surface area contributed by atoms with E-state index in [1.165, 1.54) is 24.3 Å². The van der Waals surface area contributed by atoms with Crippen LogP contribution in [0.2, 0.25) is 15.1 Å². The predicted molar refractivity (Wildman–Crippen MR) is 159 cm³/mol. The van der Waals surface area contributed by atoms with Crippen molar-refractivity contribution in [2.75, 3.05) is 21.7 Å². The molecule has 0 radical (unpaired) electrons. The van der Waals surface area contributed by atoms with Crippen LogP contribution in [-0.2, 0) is 9.59 Å². The summed E-state index contributed by atoms with van der Waals surface area (Å²) in [7, 11) is 0. The van der Waals surface area contributed by atoms with Crippen LogP contribution in [0.5, 0.6) is 0 Å². The second-order valence-electron chi connectivity index (χ2n) is 9.01. The summed E-state index contributed by atoms with van der Waals surface area (Å²) < 4.78 is 64.7. The van der Waals surface area contributed by atoms with Crippen molar-refractivity contribution in [1.82, 2.24) is 0 Å². The number of halogens is 10. The van der Waals surface area contributed by atoms with Gasteiger partial charge >= 0.3 is 5.51 Å². The minimum absolute atomic E-state index is 0.0955. The Bertz CT molecular complexity index is 1630. The fourth-order valence-electron chi connectivity index (χ4n) is 4.05. The molecule has 0 saturated heterocycles. The molecule has 0 bridgehead atoms. The highest BCUT2D eigenvalue weighted by Crippen LogP contribution is 2.65. The largest absolute Gasteiger partial charge is 0.442 e. The highest BCUT2D eigenvalue weighted by molar-refractivity contribution is 8.00. The zero-order valence-corrected chi connectivity index (χ0v) is 25.5. The molecule has 6 nitrogen and oxygen atoms in total. The lowest BCUT2D eigenvalue weighted by Gasteiger charge is -2.13. The summed E-state index contributed by atoms with van der Waals surface area (Å²) in [6, 6.07) is 10.1. The number of alkyl halides is 5. The summed E-state index contributed by atoms with van der Waals surface area (Å²) in [5.74, 6) is -8.36. The molecule has 1 aliphatic rings. The van der Waals surface area contributed by atoms with E-state index in [0.717, 1.165) is 6.07 Å². The molecule has 3 amide bonds. The van der Waals surface area contributed by atoms with Crippen LogP contribution < -0.4 is 16.0 Å². The van der Waals surface area contributed by atoms with Gasteiger partial charge in [0.25, 0.3) is 5.91 Å². The van der Waals surface area contributed by atoms with Crippen LogP contribution in [0.25, 0.3) is 0 Å². The van der Waals surface area contributed by atoms with Crippen LogP contribution in [0.3, 0.4) is 0 Å². The number of benzene rings is 3. The average molecular weight is 722 g/mol. The van der Waals surface area contributed by atoms with Crippen molar-refractivity contribution in [2.45, 2.75) is 15.8 Å². The quantitative estimate of drug-likeness (QED) is 0.160. The molecule has 1 fully saturated rings. The van der Waals surface area contributed by atoms with E-state index >= 15 is 0 Å². The molecular formula is C26H15Cl5F5N3O3S. The summed E-state index contributed by atoms with van der Waals surface area (Å²) in [6.07, 6.45) is 0. The number of hydrogen-bond donors (Lipinski definition) is 3. The van der Waals surface area contributed by atoms with Crippen LogP contribution in [0.15, 0.2) is 48.5 Å². The van der Waals surface area contributed by atoms with E-state index in [4.69, 9.17) is 58.0 Å². The van der Waals surface area contributed by atoms with Gasteiger partial charge in [0.1, 0.15) is 15.8 Å². The fraction of sp³-hybridized carbons (Fsp3) is 0.192. The maximum Gasteiger partial charge on any atom is 0.442 e. The Labute approximate surface area is 269 Å². The normalized spacial score (nSPS) is 17.3. The molecule has 3 aromatic carbocycles. The standard InChI is InChI=1S/C26H15Cl5F5N3O3S/c27-13-4-2-11(37-24(42)20-19(25(20,30)31)10-1-3-14(28)15(29)7-10)8-12(13)23(41)38-17-6-5-16(32)22(21(17)33)39-18(40)9-43-26(34,35)36/h1-8,19-20H,9H2,(H,37,42)(H,38,41)(H,39,40)/t19-,20+/m0/s1. The molecule has 228 valence electrons. The van der Waals surface area contributed by atoms with Crippen LogP contribution in [0.1, 0.15) is 21.8 Å². The monoisotopic (exact) mass is 719 g/mol. The number of hydrogen-bond acceptors (Lipinski definition) is 4. The van der Waals surface area contributed by atoms with Gasteiger partial charge in [-0.25, -0.2) is 8.78 Å². The van der Waals surface area contributed by atoms with Crippen molar-refractivity contribution in [3.05, 3.63) is 86.4 Å². The van der Waals surface area contributed by atoms with E-state index < -0.39 is 79.9 Å². The third kappa shape index (κ3) is 7.79. The van der Waals surface area contributed by atoms with Gasteiger partial charge in [-0.2, -0.15) is 13.2 Å². The molecule has 1 aliphatic carbocycles. The first-order chi connectivity index (χ1) is 20.0. The van der Waals surface area contributed by atoms with Gasteiger partial charge in [-0.3, -0.25) is 14.4 Å². The first kappa shape index (κ1) is 33.4. The number of carbonyl (C=O) groups is 3. The Kier molecular flexibility index (Phi) is 9.99. The zero-order chi connectivity index (χ0) is 31.9. The molecule has 3 N–H and O–H groups in total. The van der Waals surface area contributed by atoms with E-state index in [-0.39, 0.29) is 21.3 Å². The van der Waals surface area contributed by atoms with Gasteiger partial charge in [0.2, 0.25) is 11.8 Å². The molecule has 0 aliphatic heterocycles. The van der Waals surface area contributed by atoms with Gasteiger partial charge in [0.05, 0.1) is 38.0 Å². The predicted octanol–water partition coefficient (Wildman–Crippen LogP) is 8.89. The van der Waals surface area contributed by atoms with Gasteiger partial charge in [0, 0.05) is 11.6 Å². The van der Waals surface area contributed by atoms with E-state index in [9.17, 15) is 36.3 Å². The number of rotatable bonds is 8. The molecule has 0 aromatic heterocycles. The molecule has 0 heterocycles. The maximum atomic E-state index is 15.0. The summed E-state index contributed by atoms with van der Waals surface area (Å²) in [5, 5.41) is 6.89. The van der Waals surface area contributed by atoms with Crippen molar-refractivity contribution >= 4 is 105 Å². The van der Waals surface area contributed by atoms with Crippen LogP contribution in [-0.4, -0.2) is 33.3 Å². The summed E-state index contributed by atoms with van der Waals surface area (Å²) in [5.41, 5.74) is -5.99. The molecular weight excluding hydrogens is 707 g/mol. The Morgan fingerprint density at radius 2 is 1.53 bits per heavy atom. The number of carbonyl (C=O) groups excluding carboxylic acids is 3. The second-order valence-corrected chi connectivity index (χ2v) is 12.7. The average Bonchev–Trinajstić information content (AvgIpc) is 3.50. The van der Waals surface area contributed by atoms with Gasteiger partial charge < -0.3 is 16.0 Å². The summed E-state index contributed by atoms with van der Waals surface area (Å²) in [4.78, 5) is 37.8. The zero-order valence-electron chi connectivity index (χ0n) is 20.9. The van der Waals surface area contributed by atoms with Crippen LogP contribution in [0.4, 0.5) is 39.0 Å². The SMILES string of the molecule is O=C(CSC(F)(F)F)Nc1c(F)ccc(NC(=O)c2cc(NC(=O)[C@H]3[C@H](c4ccc(Cl)c(Cl)c4)C3(Cl)Cl)ccc2Cl)c1F. The molecule has 43 heavy (non-hydrogen) atoms. The van der Waals surface area contributed by atoms with Crippen molar-refractivity contribution in [2.24, 2.45) is 5.92 Å². The van der Waals surface area contributed by atoms with E-state index in [1.807, 2.05) is 0 Å². The van der Waals surface area contributed by atoms with Crippen molar-refractivity contribution < 1.29 is 36.3 Å². The van der Waals surface area contributed by atoms with Crippen molar-refractivity contribution in [3.8, 4) is 0 Å². The van der Waals surface area contributed by atoms with Gasteiger partial charge in [-0.1, -0.05) is 40.9 Å². The topological polar surface area (TPSA) is 87.3 Å². The van der Waals surface area contributed by atoms with Crippen LogP contribution in [0, 0.1) is 17.6 Å². The first-order valence-electron chi connectivity index (χ1n) is 11.7. The third-order valence-corrected chi connectivity index (χ3v) is 8.83. The Morgan fingerprint density at radius 3 is 2.19 bits per heavy atom. The number of nitrogens with one attached hydrogen (secondary N) is 3. The van der Waals surface area contributed by atoms with E-state index in [1.54, 1.807) is 17.4 Å². The lowest BCUT2D eigenvalue weighted by Crippen LogP contribution is -2.20. The lowest BCUT2D eigenvalue weighted by molar-refractivity contribution is -0.117. The summed E-state index contributed by atoms with van der Waals surface area (Å²) in [6.45, 7) is 0. The molecule has 4 rings (SSSR count). The van der Waals surface area contributed by atoms with E-state index in [2.05, 4.69) is 10.6 Å². The molecule has 1 saturated carbocycles.